The third kappa shape index (κ3) is 2.52. The van der Waals surface area contributed by atoms with Crippen LogP contribution in [-0.2, 0) is 4.79 Å². The van der Waals surface area contributed by atoms with E-state index >= 15 is 0 Å². The Balaban J connectivity index is 1.63. The van der Waals surface area contributed by atoms with E-state index in [1.165, 1.54) is 5.56 Å². The summed E-state index contributed by atoms with van der Waals surface area (Å²) in [5, 5.41) is 3.20. The van der Waals surface area contributed by atoms with Gasteiger partial charge in [0.2, 0.25) is 5.91 Å². The molecule has 3 rings (SSSR count). The van der Waals surface area contributed by atoms with E-state index in [1.54, 1.807) is 0 Å². The number of likely N-dealkylation sites (tertiary alicyclic amines) is 1. The molecule has 3 heteroatoms. The van der Waals surface area contributed by atoms with E-state index in [0.717, 1.165) is 32.4 Å². The Bertz CT molecular complexity index is 445. The summed E-state index contributed by atoms with van der Waals surface area (Å²) in [6, 6.07) is 10.9. The normalized spacial score (nSPS) is 29.5. The number of hydrogen-bond donors (Lipinski definition) is 1. The molecule has 3 nitrogen and oxygen atoms in total. The van der Waals surface area contributed by atoms with E-state index in [0.29, 0.717) is 17.9 Å². The molecule has 1 N–H and O–H groups in total. The average molecular weight is 258 g/mol. The Labute approximate surface area is 115 Å². The molecule has 1 aromatic rings. The van der Waals surface area contributed by atoms with Crippen LogP contribution < -0.4 is 5.32 Å². The fourth-order valence-electron chi connectivity index (χ4n) is 3.32. The minimum Gasteiger partial charge on any atom is -0.338 e. The van der Waals surface area contributed by atoms with Crippen molar-refractivity contribution in [1.29, 1.82) is 0 Å². The van der Waals surface area contributed by atoms with Gasteiger partial charge in [0.15, 0.2) is 0 Å². The van der Waals surface area contributed by atoms with Crippen LogP contribution in [0.2, 0.25) is 0 Å². The number of amides is 1. The quantitative estimate of drug-likeness (QED) is 0.896. The summed E-state index contributed by atoms with van der Waals surface area (Å²) in [5.41, 5.74) is 1.32. The van der Waals surface area contributed by atoms with Crippen LogP contribution in [0, 0.1) is 5.92 Å². The lowest BCUT2D eigenvalue weighted by Crippen LogP contribution is -2.41. The molecule has 3 atom stereocenters. The lowest BCUT2D eigenvalue weighted by molar-refractivity contribution is -0.133. The molecule has 1 saturated heterocycles. The lowest BCUT2D eigenvalue weighted by Gasteiger charge is -2.24. The Kier molecular flexibility index (Phi) is 3.56. The third-order valence-electron chi connectivity index (χ3n) is 4.44. The zero-order valence-corrected chi connectivity index (χ0v) is 11.5. The van der Waals surface area contributed by atoms with Crippen LogP contribution in [0.4, 0.5) is 0 Å². The molecule has 1 aliphatic heterocycles. The van der Waals surface area contributed by atoms with Gasteiger partial charge in [-0.25, -0.2) is 0 Å². The predicted molar refractivity (Wildman–Crippen MR) is 76.0 cm³/mol. The second-order valence-electron chi connectivity index (χ2n) is 5.74. The Morgan fingerprint density at radius 1 is 1.37 bits per heavy atom. The van der Waals surface area contributed by atoms with Crippen molar-refractivity contribution >= 4 is 5.91 Å². The van der Waals surface area contributed by atoms with Gasteiger partial charge in [0.25, 0.3) is 0 Å². The van der Waals surface area contributed by atoms with Crippen molar-refractivity contribution in [3.05, 3.63) is 35.9 Å². The highest BCUT2D eigenvalue weighted by Gasteiger charge is 2.47. The maximum atomic E-state index is 12.6. The topological polar surface area (TPSA) is 32.3 Å². The van der Waals surface area contributed by atoms with Crippen molar-refractivity contribution in [2.75, 3.05) is 20.1 Å². The Hall–Kier alpha value is -1.35. The van der Waals surface area contributed by atoms with Crippen LogP contribution in [0.3, 0.4) is 0 Å². The summed E-state index contributed by atoms with van der Waals surface area (Å²) < 4.78 is 0. The Morgan fingerprint density at radius 3 is 2.89 bits per heavy atom. The van der Waals surface area contributed by atoms with Gasteiger partial charge < -0.3 is 10.2 Å². The molecule has 1 amide bonds. The van der Waals surface area contributed by atoms with E-state index in [4.69, 9.17) is 0 Å². The minimum absolute atomic E-state index is 0.236. The van der Waals surface area contributed by atoms with Crippen molar-refractivity contribution in [3.8, 4) is 0 Å². The van der Waals surface area contributed by atoms with Crippen LogP contribution in [0.15, 0.2) is 30.3 Å². The van der Waals surface area contributed by atoms with E-state index in [9.17, 15) is 4.79 Å². The zero-order valence-electron chi connectivity index (χ0n) is 11.5. The summed E-state index contributed by atoms with van der Waals surface area (Å²) in [6.07, 6.45) is 3.34. The summed E-state index contributed by atoms with van der Waals surface area (Å²) in [5.74, 6) is 1.08. The van der Waals surface area contributed by atoms with Gasteiger partial charge in [-0.05, 0) is 37.8 Å². The maximum Gasteiger partial charge on any atom is 0.226 e. The summed E-state index contributed by atoms with van der Waals surface area (Å²) in [4.78, 5) is 14.7. The van der Waals surface area contributed by atoms with Gasteiger partial charge in [-0.15, -0.1) is 0 Å². The standard InChI is InChI=1S/C16H22N2O/c1-17-11-13-8-5-9-18(13)16(19)15-10-14(15)12-6-3-2-4-7-12/h2-4,6-7,13-15,17H,5,8-11H2,1H3. The van der Waals surface area contributed by atoms with Crippen LogP contribution in [0.5, 0.6) is 0 Å². The fourth-order valence-corrected chi connectivity index (χ4v) is 3.32. The molecule has 0 aromatic heterocycles. The summed E-state index contributed by atoms with van der Waals surface area (Å²) >= 11 is 0. The van der Waals surface area contributed by atoms with Crippen molar-refractivity contribution in [1.82, 2.24) is 10.2 Å². The second-order valence-corrected chi connectivity index (χ2v) is 5.74. The van der Waals surface area contributed by atoms with Crippen LogP contribution in [-0.4, -0.2) is 37.0 Å². The SMILES string of the molecule is CNCC1CCCN1C(=O)C1CC1c1ccccc1. The van der Waals surface area contributed by atoms with E-state index in [2.05, 4.69) is 34.5 Å². The molecule has 19 heavy (non-hydrogen) atoms. The average Bonchev–Trinajstić information content (AvgIpc) is 3.12. The molecule has 0 bridgehead atoms. The minimum atomic E-state index is 0.236. The first-order valence-electron chi connectivity index (χ1n) is 7.31. The molecule has 1 aliphatic carbocycles. The largest absolute Gasteiger partial charge is 0.338 e. The van der Waals surface area contributed by atoms with Crippen molar-refractivity contribution in [2.24, 2.45) is 5.92 Å². The highest BCUT2D eigenvalue weighted by atomic mass is 16.2. The second kappa shape index (κ2) is 5.33. The number of carbonyl (C=O) groups excluding carboxylic acids is 1. The first kappa shape index (κ1) is 12.7. The molecular formula is C16H22N2O. The molecule has 1 saturated carbocycles. The maximum absolute atomic E-state index is 12.6. The molecular weight excluding hydrogens is 236 g/mol. The third-order valence-corrected chi connectivity index (χ3v) is 4.44. The van der Waals surface area contributed by atoms with Gasteiger partial charge in [-0.1, -0.05) is 30.3 Å². The van der Waals surface area contributed by atoms with Crippen LogP contribution in [0.25, 0.3) is 0 Å². The smallest absolute Gasteiger partial charge is 0.226 e. The van der Waals surface area contributed by atoms with Crippen molar-refractivity contribution < 1.29 is 4.79 Å². The van der Waals surface area contributed by atoms with Gasteiger partial charge in [-0.2, -0.15) is 0 Å². The Morgan fingerprint density at radius 2 is 2.16 bits per heavy atom. The number of likely N-dealkylation sites (N-methyl/N-ethyl adjacent to an activating group) is 1. The zero-order chi connectivity index (χ0) is 13.2. The van der Waals surface area contributed by atoms with Gasteiger partial charge in [0.05, 0.1) is 0 Å². The molecule has 2 aliphatic rings. The first-order chi connectivity index (χ1) is 9.31. The van der Waals surface area contributed by atoms with Crippen LogP contribution >= 0.6 is 0 Å². The fraction of sp³-hybridized carbons (Fsp3) is 0.562. The van der Waals surface area contributed by atoms with Gasteiger partial charge in [0.1, 0.15) is 0 Å². The predicted octanol–water partition coefficient (Wildman–Crippen LogP) is 2.00. The van der Waals surface area contributed by atoms with Crippen molar-refractivity contribution in [2.45, 2.75) is 31.2 Å². The number of nitrogens with one attached hydrogen (secondary N) is 1. The number of rotatable bonds is 4. The molecule has 1 heterocycles. The van der Waals surface area contributed by atoms with Crippen LogP contribution in [0.1, 0.15) is 30.7 Å². The summed E-state index contributed by atoms with van der Waals surface area (Å²) in [6.45, 7) is 1.87. The lowest BCUT2D eigenvalue weighted by atomic mass is 10.1. The first-order valence-corrected chi connectivity index (χ1v) is 7.31. The van der Waals surface area contributed by atoms with Crippen molar-refractivity contribution in [3.63, 3.8) is 0 Å². The van der Waals surface area contributed by atoms with Gasteiger partial charge in [0, 0.05) is 25.0 Å². The number of benzene rings is 1. The monoisotopic (exact) mass is 258 g/mol. The molecule has 0 spiro atoms. The van der Waals surface area contributed by atoms with Gasteiger partial charge >= 0.3 is 0 Å². The molecule has 2 fully saturated rings. The van der Waals surface area contributed by atoms with E-state index < -0.39 is 0 Å². The van der Waals surface area contributed by atoms with E-state index in [-0.39, 0.29) is 5.92 Å². The van der Waals surface area contributed by atoms with E-state index in [1.807, 2.05) is 13.1 Å². The molecule has 102 valence electrons. The van der Waals surface area contributed by atoms with Gasteiger partial charge in [-0.3, -0.25) is 4.79 Å². The highest BCUT2D eigenvalue weighted by molar-refractivity contribution is 5.83. The molecule has 3 unspecified atom stereocenters. The molecule has 0 radical (unpaired) electrons. The highest BCUT2D eigenvalue weighted by Crippen LogP contribution is 2.49. The number of hydrogen-bond acceptors (Lipinski definition) is 2. The number of nitrogens with zero attached hydrogens (tertiary/aromatic N) is 1. The molecule has 1 aromatic carbocycles. The number of carbonyl (C=O) groups is 1. The summed E-state index contributed by atoms with van der Waals surface area (Å²) in [7, 11) is 1.96.